The Morgan fingerprint density at radius 2 is 2.27 bits per heavy atom. The maximum atomic E-state index is 10.8. The summed E-state index contributed by atoms with van der Waals surface area (Å²) in [5, 5.41) is 0. The zero-order valence-corrected chi connectivity index (χ0v) is 14.8. The van der Waals surface area contributed by atoms with Gasteiger partial charge in [-0.05, 0) is 0 Å². The van der Waals surface area contributed by atoms with Gasteiger partial charge in [0.05, 0.1) is 32.3 Å². The predicted molar refractivity (Wildman–Crippen MR) is 85.7 cm³/mol. The normalized spacial score (nSPS) is 25.6. The summed E-state index contributed by atoms with van der Waals surface area (Å²) < 4.78 is 33.5. The summed E-state index contributed by atoms with van der Waals surface area (Å²) >= 11 is 0. The van der Waals surface area contributed by atoms with E-state index in [1.165, 1.54) is 12.7 Å². The van der Waals surface area contributed by atoms with Crippen molar-refractivity contribution in [2.45, 2.75) is 24.9 Å². The lowest BCUT2D eigenvalue weighted by Crippen LogP contribution is -2.24. The highest BCUT2D eigenvalue weighted by Crippen LogP contribution is 2.37. The van der Waals surface area contributed by atoms with Crippen molar-refractivity contribution in [3.8, 4) is 0 Å². The number of imidazole rings is 1. The van der Waals surface area contributed by atoms with Crippen molar-refractivity contribution < 1.29 is 33.1 Å². The first-order chi connectivity index (χ1) is 12.4. The fourth-order valence-electron chi connectivity index (χ4n) is 2.73. The lowest BCUT2D eigenvalue weighted by atomic mass is 10.2. The minimum absolute atomic E-state index is 0.232. The van der Waals surface area contributed by atoms with E-state index in [-0.39, 0.29) is 12.4 Å². The molecular weight excluding hydrogens is 369 g/mol. The van der Waals surface area contributed by atoms with Gasteiger partial charge in [0.15, 0.2) is 17.7 Å². The van der Waals surface area contributed by atoms with E-state index < -0.39 is 26.3 Å². The maximum Gasteiger partial charge on any atom is 0.265 e. The van der Waals surface area contributed by atoms with E-state index in [4.69, 9.17) is 24.8 Å². The van der Waals surface area contributed by atoms with Crippen LogP contribution in [0.1, 0.15) is 12.6 Å². The van der Waals surface area contributed by atoms with Crippen molar-refractivity contribution in [3.63, 3.8) is 0 Å². The van der Waals surface area contributed by atoms with Gasteiger partial charge in [0.2, 0.25) is 0 Å². The second-order valence-electron chi connectivity index (χ2n) is 5.63. The molecule has 4 atom stereocenters. The number of anilines is 1. The Morgan fingerprint density at radius 1 is 1.46 bits per heavy atom. The molecule has 0 bridgehead atoms. The standard InChI is InChI=1S/C13H20N5O7P/c1-22-2-3-23-9-4-8(5-24-26(19,20)21)25-13(9)18-7-17-10-11(14)15-6-16-12(10)18/h6-9,13H,2-5H2,1H3,(H2,14,15,16)(H2,19,20,21)/p-1/t8-,9-,13+/m0/s1. The molecule has 2 aromatic heterocycles. The van der Waals surface area contributed by atoms with E-state index in [2.05, 4.69) is 19.5 Å². The van der Waals surface area contributed by atoms with E-state index in [0.717, 1.165) is 0 Å². The molecule has 13 heteroatoms. The molecule has 26 heavy (non-hydrogen) atoms. The number of phosphoric ester groups is 1. The van der Waals surface area contributed by atoms with E-state index >= 15 is 0 Å². The first kappa shape index (κ1) is 19.1. The Morgan fingerprint density at radius 3 is 3.00 bits per heavy atom. The van der Waals surface area contributed by atoms with E-state index in [1.807, 2.05) is 0 Å². The van der Waals surface area contributed by atoms with Crippen LogP contribution in [0.5, 0.6) is 0 Å². The molecule has 3 rings (SSSR count). The summed E-state index contributed by atoms with van der Waals surface area (Å²) in [6.45, 7) is 0.372. The number of rotatable bonds is 8. The average Bonchev–Trinajstić information content (AvgIpc) is 3.17. The summed E-state index contributed by atoms with van der Waals surface area (Å²) in [4.78, 5) is 31.8. The molecule has 12 nitrogen and oxygen atoms in total. The van der Waals surface area contributed by atoms with Crippen molar-refractivity contribution in [3.05, 3.63) is 12.7 Å². The number of fused-ring (bicyclic) bond motifs is 1. The fourth-order valence-corrected chi connectivity index (χ4v) is 3.09. The average molecular weight is 388 g/mol. The lowest BCUT2D eigenvalue weighted by molar-refractivity contribution is -0.222. The molecule has 1 aliphatic rings. The summed E-state index contributed by atoms with van der Waals surface area (Å²) in [6.07, 6.45) is 1.47. The molecular formula is C13H19N5O7P-. The molecule has 1 fully saturated rings. The highest BCUT2D eigenvalue weighted by molar-refractivity contribution is 7.44. The second-order valence-corrected chi connectivity index (χ2v) is 6.83. The van der Waals surface area contributed by atoms with Crippen LogP contribution < -0.4 is 10.6 Å². The second kappa shape index (κ2) is 7.92. The molecule has 0 amide bonds. The Labute approximate surface area is 148 Å². The van der Waals surface area contributed by atoms with Crippen molar-refractivity contribution in [2.75, 3.05) is 32.7 Å². The Bertz CT molecular complexity index is 796. The number of phosphoric acid groups is 1. The summed E-state index contributed by atoms with van der Waals surface area (Å²) in [6, 6.07) is 0. The van der Waals surface area contributed by atoms with Crippen LogP contribution in [-0.4, -0.2) is 63.6 Å². The van der Waals surface area contributed by atoms with Crippen LogP contribution in [0.2, 0.25) is 0 Å². The third kappa shape index (κ3) is 4.35. The Hall–Kier alpha value is -1.66. The Balaban J connectivity index is 1.81. The number of nitrogens with zero attached hydrogens (tertiary/aromatic N) is 4. The molecule has 0 aliphatic carbocycles. The van der Waals surface area contributed by atoms with Crippen LogP contribution in [-0.2, 0) is 23.3 Å². The van der Waals surface area contributed by atoms with Gasteiger partial charge in [0.1, 0.15) is 17.9 Å². The number of methoxy groups -OCH3 is 1. The topological polar surface area (TPSA) is 167 Å². The highest BCUT2D eigenvalue weighted by Gasteiger charge is 2.38. The van der Waals surface area contributed by atoms with Crippen LogP contribution in [0.25, 0.3) is 11.2 Å². The van der Waals surface area contributed by atoms with Crippen LogP contribution in [0.3, 0.4) is 0 Å². The summed E-state index contributed by atoms with van der Waals surface area (Å²) in [5.41, 5.74) is 6.68. The van der Waals surface area contributed by atoms with Crippen LogP contribution >= 0.6 is 7.82 Å². The summed E-state index contributed by atoms with van der Waals surface area (Å²) in [5.74, 6) is 0.232. The van der Waals surface area contributed by atoms with Crippen LogP contribution in [0, 0.1) is 0 Å². The lowest BCUT2D eigenvalue weighted by Gasteiger charge is -2.21. The zero-order valence-electron chi connectivity index (χ0n) is 13.9. The van der Waals surface area contributed by atoms with Crippen molar-refractivity contribution in [1.82, 2.24) is 19.5 Å². The van der Waals surface area contributed by atoms with Crippen molar-refractivity contribution in [1.29, 1.82) is 0 Å². The molecule has 3 N–H and O–H groups in total. The molecule has 0 spiro atoms. The molecule has 144 valence electrons. The largest absolute Gasteiger partial charge is 0.756 e. The van der Waals surface area contributed by atoms with E-state index in [1.54, 1.807) is 11.7 Å². The van der Waals surface area contributed by atoms with E-state index in [0.29, 0.717) is 30.8 Å². The zero-order chi connectivity index (χ0) is 18.7. The molecule has 1 saturated heterocycles. The monoisotopic (exact) mass is 388 g/mol. The maximum absolute atomic E-state index is 10.8. The first-order valence-electron chi connectivity index (χ1n) is 7.76. The number of aromatic nitrogens is 4. The molecule has 0 saturated carbocycles. The molecule has 2 aromatic rings. The SMILES string of the molecule is COCCO[C@H]1C[C@@H](COP(=O)([O-])O)O[C@H]1n1cnc2c(N)ncnc21. The third-order valence-corrected chi connectivity index (χ3v) is 4.32. The smallest absolute Gasteiger partial charge is 0.265 e. The van der Waals surface area contributed by atoms with Gasteiger partial charge in [-0.25, -0.2) is 15.0 Å². The quantitative estimate of drug-likeness (QED) is 0.429. The van der Waals surface area contributed by atoms with Crippen molar-refractivity contribution >= 4 is 24.8 Å². The Kier molecular flexibility index (Phi) is 5.82. The predicted octanol–water partition coefficient (Wildman–Crippen LogP) is -0.795. The fraction of sp³-hybridized carbons (Fsp3) is 0.615. The van der Waals surface area contributed by atoms with Crippen LogP contribution in [0.15, 0.2) is 12.7 Å². The number of ether oxygens (including phenoxy) is 3. The van der Waals surface area contributed by atoms with Gasteiger partial charge in [-0.1, -0.05) is 0 Å². The number of hydrogen-bond donors (Lipinski definition) is 2. The number of nitrogens with two attached hydrogens (primary N) is 1. The van der Waals surface area contributed by atoms with Gasteiger partial charge in [-0.3, -0.25) is 9.13 Å². The van der Waals surface area contributed by atoms with Gasteiger partial charge in [0, 0.05) is 13.5 Å². The van der Waals surface area contributed by atoms with Gasteiger partial charge < -0.3 is 34.3 Å². The van der Waals surface area contributed by atoms with Gasteiger partial charge in [-0.2, -0.15) is 0 Å². The van der Waals surface area contributed by atoms with Gasteiger partial charge in [0.25, 0.3) is 7.82 Å². The first-order valence-corrected chi connectivity index (χ1v) is 9.26. The van der Waals surface area contributed by atoms with E-state index in [9.17, 15) is 9.46 Å². The molecule has 1 unspecified atom stereocenters. The summed E-state index contributed by atoms with van der Waals surface area (Å²) in [7, 11) is -3.28. The minimum Gasteiger partial charge on any atom is -0.756 e. The molecule has 1 aliphatic heterocycles. The third-order valence-electron chi connectivity index (χ3n) is 3.85. The minimum atomic E-state index is -4.84. The van der Waals surface area contributed by atoms with Crippen molar-refractivity contribution in [2.24, 2.45) is 0 Å². The number of nitrogen functional groups attached to an aromatic ring is 1. The molecule has 0 aromatic carbocycles. The highest BCUT2D eigenvalue weighted by atomic mass is 31.2. The van der Waals surface area contributed by atoms with Gasteiger partial charge >= 0.3 is 0 Å². The molecule has 3 heterocycles. The van der Waals surface area contributed by atoms with Crippen LogP contribution in [0.4, 0.5) is 5.82 Å². The molecule has 0 radical (unpaired) electrons. The number of hydrogen-bond acceptors (Lipinski definition) is 10. The van der Waals surface area contributed by atoms with Gasteiger partial charge in [-0.15, -0.1) is 0 Å².